The van der Waals surface area contributed by atoms with Crippen LogP contribution in [0.25, 0.3) is 0 Å². The Morgan fingerprint density at radius 2 is 2.00 bits per heavy atom. The van der Waals surface area contributed by atoms with Crippen molar-refractivity contribution in [2.45, 2.75) is 50.3 Å². The molecule has 4 nitrogen and oxygen atoms in total. The molecule has 2 atom stereocenters. The van der Waals surface area contributed by atoms with E-state index in [0.29, 0.717) is 17.9 Å². The minimum absolute atomic E-state index is 0.104. The molecule has 0 aromatic heterocycles. The quantitative estimate of drug-likeness (QED) is 0.926. The SMILES string of the molecule is CCc1cc(C2CCCC2C)c(S(C)(=O)=O)cc1C(=O)O. The van der Waals surface area contributed by atoms with Gasteiger partial charge in [-0.05, 0) is 41.9 Å². The van der Waals surface area contributed by atoms with Gasteiger partial charge in [0.05, 0.1) is 10.5 Å². The number of hydrogen-bond acceptors (Lipinski definition) is 3. The molecule has 116 valence electrons. The maximum absolute atomic E-state index is 12.1. The predicted octanol–water partition coefficient (Wildman–Crippen LogP) is 3.25. The van der Waals surface area contributed by atoms with Crippen molar-refractivity contribution < 1.29 is 18.3 Å². The molecule has 0 saturated heterocycles. The van der Waals surface area contributed by atoms with Crippen LogP contribution < -0.4 is 0 Å². The Bertz CT molecular complexity index is 661. The molecule has 1 N–H and O–H groups in total. The Morgan fingerprint density at radius 3 is 2.43 bits per heavy atom. The van der Waals surface area contributed by atoms with Crippen LogP contribution >= 0.6 is 0 Å². The van der Waals surface area contributed by atoms with E-state index in [1.54, 1.807) is 0 Å². The summed E-state index contributed by atoms with van der Waals surface area (Å²) in [5.74, 6) is -0.420. The molecule has 0 spiro atoms. The van der Waals surface area contributed by atoms with Gasteiger partial charge in [0, 0.05) is 6.26 Å². The van der Waals surface area contributed by atoms with Crippen LogP contribution in [0.1, 0.15) is 60.5 Å². The van der Waals surface area contributed by atoms with Crippen molar-refractivity contribution in [3.8, 4) is 0 Å². The molecule has 1 aromatic carbocycles. The van der Waals surface area contributed by atoms with Crippen molar-refractivity contribution in [1.82, 2.24) is 0 Å². The molecule has 0 amide bonds. The van der Waals surface area contributed by atoms with Crippen molar-refractivity contribution in [2.24, 2.45) is 5.92 Å². The van der Waals surface area contributed by atoms with Crippen LogP contribution in [0, 0.1) is 5.92 Å². The summed E-state index contributed by atoms with van der Waals surface area (Å²) in [5, 5.41) is 9.30. The van der Waals surface area contributed by atoms with Gasteiger partial charge < -0.3 is 5.11 Å². The Balaban J connectivity index is 2.70. The van der Waals surface area contributed by atoms with E-state index in [1.807, 2.05) is 13.0 Å². The molecule has 2 rings (SSSR count). The second-order valence-corrected chi connectivity index (χ2v) is 7.98. The van der Waals surface area contributed by atoms with Crippen molar-refractivity contribution >= 4 is 15.8 Å². The van der Waals surface area contributed by atoms with Crippen LogP contribution in [0.15, 0.2) is 17.0 Å². The molecule has 0 radical (unpaired) electrons. The van der Waals surface area contributed by atoms with Gasteiger partial charge in [-0.2, -0.15) is 0 Å². The number of aromatic carboxylic acids is 1. The largest absolute Gasteiger partial charge is 0.478 e. The number of benzene rings is 1. The molecule has 1 fully saturated rings. The zero-order chi connectivity index (χ0) is 15.8. The standard InChI is InChI=1S/C16H22O4S/c1-4-11-8-14(12-7-5-6-10(12)2)15(21(3,19)20)9-13(11)16(17)18/h8-10,12H,4-7H2,1-3H3,(H,17,18). The Labute approximate surface area is 126 Å². The summed E-state index contributed by atoms with van der Waals surface area (Å²) in [6, 6.07) is 3.17. The van der Waals surface area contributed by atoms with Crippen molar-refractivity contribution in [3.63, 3.8) is 0 Å². The lowest BCUT2D eigenvalue weighted by molar-refractivity contribution is 0.0695. The summed E-state index contributed by atoms with van der Waals surface area (Å²) in [6.45, 7) is 4.03. The first-order chi connectivity index (χ1) is 9.75. The van der Waals surface area contributed by atoms with Crippen LogP contribution in [0.5, 0.6) is 0 Å². The molecule has 1 saturated carbocycles. The third kappa shape index (κ3) is 3.12. The lowest BCUT2D eigenvalue weighted by atomic mass is 9.87. The van der Waals surface area contributed by atoms with E-state index in [9.17, 15) is 18.3 Å². The van der Waals surface area contributed by atoms with E-state index >= 15 is 0 Å². The summed E-state index contributed by atoms with van der Waals surface area (Å²) in [4.78, 5) is 11.6. The van der Waals surface area contributed by atoms with Crippen molar-refractivity contribution in [1.29, 1.82) is 0 Å². The highest BCUT2D eigenvalue weighted by Crippen LogP contribution is 2.42. The zero-order valence-corrected chi connectivity index (χ0v) is 13.5. The summed E-state index contributed by atoms with van der Waals surface area (Å²) in [5.41, 5.74) is 1.63. The van der Waals surface area contributed by atoms with Crippen molar-refractivity contribution in [2.75, 3.05) is 6.26 Å². The zero-order valence-electron chi connectivity index (χ0n) is 12.7. The second-order valence-electron chi connectivity index (χ2n) is 5.99. The molecule has 1 aromatic rings. The Hall–Kier alpha value is -1.36. The van der Waals surface area contributed by atoms with Gasteiger partial charge >= 0.3 is 5.97 Å². The van der Waals surface area contributed by atoms with E-state index in [1.165, 1.54) is 6.07 Å². The summed E-state index contributed by atoms with van der Waals surface area (Å²) < 4.78 is 24.2. The molecule has 5 heteroatoms. The predicted molar refractivity (Wildman–Crippen MR) is 81.6 cm³/mol. The van der Waals surface area contributed by atoms with Crippen molar-refractivity contribution in [3.05, 3.63) is 28.8 Å². The molecule has 0 heterocycles. The average molecular weight is 310 g/mol. The van der Waals surface area contributed by atoms with Gasteiger partial charge in [0.1, 0.15) is 0 Å². The molecule has 21 heavy (non-hydrogen) atoms. The fraction of sp³-hybridized carbons (Fsp3) is 0.562. The van der Waals surface area contributed by atoms with E-state index in [-0.39, 0.29) is 16.4 Å². The van der Waals surface area contributed by atoms with E-state index in [4.69, 9.17) is 0 Å². The first-order valence-electron chi connectivity index (χ1n) is 7.35. The van der Waals surface area contributed by atoms with E-state index in [0.717, 1.165) is 31.1 Å². The van der Waals surface area contributed by atoms with E-state index in [2.05, 4.69) is 6.92 Å². The van der Waals surface area contributed by atoms with Gasteiger partial charge in [0.25, 0.3) is 0 Å². The second kappa shape index (κ2) is 5.79. The van der Waals surface area contributed by atoms with Crippen LogP contribution in [0.3, 0.4) is 0 Å². The van der Waals surface area contributed by atoms with Crippen LogP contribution in [0.2, 0.25) is 0 Å². The number of rotatable bonds is 4. The first-order valence-corrected chi connectivity index (χ1v) is 9.25. The smallest absolute Gasteiger partial charge is 0.336 e. The number of hydrogen-bond donors (Lipinski definition) is 1. The number of aryl methyl sites for hydroxylation is 1. The van der Waals surface area contributed by atoms with Gasteiger partial charge in [-0.1, -0.05) is 32.8 Å². The summed E-state index contributed by atoms with van der Waals surface area (Å²) in [7, 11) is -3.44. The molecule has 0 aliphatic heterocycles. The lowest BCUT2D eigenvalue weighted by Crippen LogP contribution is -2.13. The topological polar surface area (TPSA) is 71.4 Å². The van der Waals surface area contributed by atoms with Crippen LogP contribution in [-0.4, -0.2) is 25.7 Å². The number of carboxylic acids is 1. The minimum Gasteiger partial charge on any atom is -0.478 e. The highest BCUT2D eigenvalue weighted by Gasteiger charge is 2.30. The highest BCUT2D eigenvalue weighted by molar-refractivity contribution is 7.90. The average Bonchev–Trinajstić information content (AvgIpc) is 2.82. The normalized spacial score (nSPS) is 22.4. The number of sulfone groups is 1. The summed E-state index contributed by atoms with van der Waals surface area (Å²) in [6.07, 6.45) is 4.90. The maximum Gasteiger partial charge on any atom is 0.336 e. The molecular formula is C16H22O4S. The summed E-state index contributed by atoms with van der Waals surface area (Å²) >= 11 is 0. The molecular weight excluding hydrogens is 288 g/mol. The molecule has 1 aliphatic carbocycles. The Morgan fingerprint density at radius 1 is 1.33 bits per heavy atom. The third-order valence-electron chi connectivity index (χ3n) is 4.51. The lowest BCUT2D eigenvalue weighted by Gasteiger charge is -2.21. The number of carbonyl (C=O) groups is 1. The van der Waals surface area contributed by atoms with Gasteiger partial charge in [-0.3, -0.25) is 0 Å². The highest BCUT2D eigenvalue weighted by atomic mass is 32.2. The van der Waals surface area contributed by atoms with Gasteiger partial charge in [-0.25, -0.2) is 13.2 Å². The number of carboxylic acid groups (broad SMARTS) is 1. The molecule has 0 bridgehead atoms. The van der Waals surface area contributed by atoms with Crippen LogP contribution in [0.4, 0.5) is 0 Å². The van der Waals surface area contributed by atoms with E-state index < -0.39 is 15.8 Å². The van der Waals surface area contributed by atoms with Gasteiger partial charge in [0.15, 0.2) is 9.84 Å². The van der Waals surface area contributed by atoms with Crippen LogP contribution in [-0.2, 0) is 16.3 Å². The monoisotopic (exact) mass is 310 g/mol. The molecule has 1 aliphatic rings. The minimum atomic E-state index is -3.44. The Kier molecular flexibility index (Phi) is 4.42. The van der Waals surface area contributed by atoms with Gasteiger partial charge in [0.2, 0.25) is 0 Å². The molecule has 2 unspecified atom stereocenters. The first kappa shape index (κ1) is 16.0. The fourth-order valence-corrected chi connectivity index (χ4v) is 4.32. The third-order valence-corrected chi connectivity index (χ3v) is 5.66. The van der Waals surface area contributed by atoms with Gasteiger partial charge in [-0.15, -0.1) is 0 Å². The maximum atomic E-state index is 12.1. The fourth-order valence-electron chi connectivity index (χ4n) is 3.35.